The van der Waals surface area contributed by atoms with Crippen LogP contribution >= 0.6 is 27.3 Å². The van der Waals surface area contributed by atoms with Crippen LogP contribution < -0.4 is 15.0 Å². The van der Waals surface area contributed by atoms with E-state index in [1.807, 2.05) is 47.8 Å². The van der Waals surface area contributed by atoms with Gasteiger partial charge in [0, 0.05) is 28.2 Å². The van der Waals surface area contributed by atoms with E-state index in [0.717, 1.165) is 32.2 Å². The number of halogens is 1. The Morgan fingerprint density at radius 3 is 2.84 bits per heavy atom. The normalized spacial score (nSPS) is 13.4. The molecule has 0 radical (unpaired) electrons. The van der Waals surface area contributed by atoms with E-state index in [1.165, 1.54) is 11.3 Å². The summed E-state index contributed by atoms with van der Waals surface area (Å²) in [5.74, 6) is 0.662. The summed E-state index contributed by atoms with van der Waals surface area (Å²) < 4.78 is 6.50. The number of rotatable bonds is 3. The monoisotopic (exact) mass is 415 g/mol. The van der Waals surface area contributed by atoms with Gasteiger partial charge in [-0.3, -0.25) is 4.79 Å². The SMILES string of the molecule is CN1C(=O)COc2ccc(-c3csc(Nc4ccc(Br)cc4)n3)cc21. The Labute approximate surface area is 157 Å². The van der Waals surface area contributed by atoms with Crippen molar-refractivity contribution in [1.82, 2.24) is 4.98 Å². The third-order valence-corrected chi connectivity index (χ3v) is 5.23. The Balaban J connectivity index is 1.60. The fourth-order valence-corrected chi connectivity index (χ4v) is 3.56. The van der Waals surface area contributed by atoms with Crippen molar-refractivity contribution < 1.29 is 9.53 Å². The zero-order valence-electron chi connectivity index (χ0n) is 13.3. The van der Waals surface area contributed by atoms with Gasteiger partial charge in [0.05, 0.1) is 11.4 Å². The van der Waals surface area contributed by atoms with Crippen molar-refractivity contribution in [3.05, 3.63) is 52.3 Å². The maximum absolute atomic E-state index is 11.8. The summed E-state index contributed by atoms with van der Waals surface area (Å²) in [6, 6.07) is 13.7. The van der Waals surface area contributed by atoms with Crippen molar-refractivity contribution >= 4 is 49.7 Å². The van der Waals surface area contributed by atoms with Crippen LogP contribution in [0.3, 0.4) is 0 Å². The number of hydrogen-bond donors (Lipinski definition) is 1. The molecule has 0 spiro atoms. The number of nitrogens with zero attached hydrogens (tertiary/aromatic N) is 2. The van der Waals surface area contributed by atoms with Crippen LogP contribution in [0.2, 0.25) is 0 Å². The molecule has 3 aromatic rings. The predicted octanol–water partition coefficient (Wildman–Crippen LogP) is 4.67. The minimum absolute atomic E-state index is 0.0551. The molecule has 1 amide bonds. The number of thiazole rings is 1. The molecule has 0 saturated carbocycles. The van der Waals surface area contributed by atoms with Gasteiger partial charge in [0.15, 0.2) is 11.7 Å². The number of likely N-dealkylation sites (N-methyl/N-ethyl adjacent to an activating group) is 1. The molecule has 7 heteroatoms. The first-order chi connectivity index (χ1) is 12.1. The standard InChI is InChI=1S/C18H14BrN3O2S/c1-22-15-8-11(2-7-16(15)24-9-17(22)23)14-10-25-18(21-14)20-13-5-3-12(19)4-6-13/h2-8,10H,9H2,1H3,(H,20,21). The van der Waals surface area contributed by atoms with Crippen molar-refractivity contribution in [2.24, 2.45) is 0 Å². The Morgan fingerprint density at radius 1 is 1.24 bits per heavy atom. The van der Waals surface area contributed by atoms with Crippen LogP contribution in [-0.2, 0) is 4.79 Å². The van der Waals surface area contributed by atoms with Crippen LogP contribution in [0.5, 0.6) is 5.75 Å². The summed E-state index contributed by atoms with van der Waals surface area (Å²) in [4.78, 5) is 18.1. The Morgan fingerprint density at radius 2 is 2.04 bits per heavy atom. The number of carbonyl (C=O) groups excluding carboxylic acids is 1. The van der Waals surface area contributed by atoms with Gasteiger partial charge in [0.2, 0.25) is 0 Å². The van der Waals surface area contributed by atoms with Gasteiger partial charge < -0.3 is 15.0 Å². The quantitative estimate of drug-likeness (QED) is 0.674. The summed E-state index contributed by atoms with van der Waals surface area (Å²) in [5.41, 5.74) is 3.56. The predicted molar refractivity (Wildman–Crippen MR) is 104 cm³/mol. The van der Waals surface area contributed by atoms with Crippen LogP contribution in [0.4, 0.5) is 16.5 Å². The molecular formula is C18H14BrN3O2S. The summed E-state index contributed by atoms with van der Waals surface area (Å²) in [6.07, 6.45) is 0. The Hall–Kier alpha value is -2.38. The van der Waals surface area contributed by atoms with Gasteiger partial charge in [0.25, 0.3) is 5.91 Å². The third-order valence-electron chi connectivity index (χ3n) is 3.94. The molecule has 2 aromatic carbocycles. The van der Waals surface area contributed by atoms with Crippen molar-refractivity contribution in [2.75, 3.05) is 23.9 Å². The van der Waals surface area contributed by atoms with Gasteiger partial charge >= 0.3 is 0 Å². The number of fused-ring (bicyclic) bond motifs is 1. The van der Waals surface area contributed by atoms with E-state index in [2.05, 4.69) is 26.2 Å². The van der Waals surface area contributed by atoms with E-state index in [9.17, 15) is 4.79 Å². The van der Waals surface area contributed by atoms with Gasteiger partial charge in [-0.1, -0.05) is 15.9 Å². The number of carbonyl (C=O) groups is 1. The fourth-order valence-electron chi connectivity index (χ4n) is 2.55. The molecule has 0 fully saturated rings. The molecule has 1 aliphatic rings. The average Bonchev–Trinajstić information content (AvgIpc) is 3.08. The molecular weight excluding hydrogens is 402 g/mol. The number of benzene rings is 2. The van der Waals surface area contributed by atoms with Gasteiger partial charge in [-0.15, -0.1) is 11.3 Å². The molecule has 126 valence electrons. The van der Waals surface area contributed by atoms with E-state index < -0.39 is 0 Å². The summed E-state index contributed by atoms with van der Waals surface area (Å²) >= 11 is 4.96. The van der Waals surface area contributed by atoms with Crippen molar-refractivity contribution in [3.8, 4) is 17.0 Å². The maximum Gasteiger partial charge on any atom is 0.264 e. The first-order valence-corrected chi connectivity index (χ1v) is 9.29. The van der Waals surface area contributed by atoms with Gasteiger partial charge in [-0.05, 0) is 42.5 Å². The first-order valence-electron chi connectivity index (χ1n) is 7.62. The Bertz CT molecular complexity index is 940. The lowest BCUT2D eigenvalue weighted by Gasteiger charge is -2.26. The highest BCUT2D eigenvalue weighted by molar-refractivity contribution is 9.10. The number of amides is 1. The van der Waals surface area contributed by atoms with Crippen molar-refractivity contribution in [1.29, 1.82) is 0 Å². The van der Waals surface area contributed by atoms with Gasteiger partial charge in [-0.25, -0.2) is 4.98 Å². The molecule has 4 rings (SSSR count). The summed E-state index contributed by atoms with van der Waals surface area (Å²) in [6.45, 7) is 0.0841. The van der Waals surface area contributed by atoms with Gasteiger partial charge in [0.1, 0.15) is 5.75 Å². The number of nitrogens with one attached hydrogen (secondary N) is 1. The molecule has 1 aromatic heterocycles. The number of aromatic nitrogens is 1. The summed E-state index contributed by atoms with van der Waals surface area (Å²) in [5, 5.41) is 6.11. The van der Waals surface area contributed by atoms with Crippen LogP contribution in [-0.4, -0.2) is 24.5 Å². The molecule has 0 atom stereocenters. The molecule has 2 heterocycles. The van der Waals surface area contributed by atoms with Crippen LogP contribution in [0, 0.1) is 0 Å². The number of hydrogen-bond acceptors (Lipinski definition) is 5. The lowest BCUT2D eigenvalue weighted by atomic mass is 10.1. The van der Waals surface area contributed by atoms with Crippen LogP contribution in [0.15, 0.2) is 52.3 Å². The highest BCUT2D eigenvalue weighted by atomic mass is 79.9. The molecule has 0 saturated heterocycles. The van der Waals surface area contributed by atoms with E-state index >= 15 is 0 Å². The fraction of sp³-hybridized carbons (Fsp3) is 0.111. The summed E-state index contributed by atoms with van der Waals surface area (Å²) in [7, 11) is 1.76. The highest BCUT2D eigenvalue weighted by Crippen LogP contribution is 2.36. The maximum atomic E-state index is 11.8. The lowest BCUT2D eigenvalue weighted by molar-refractivity contribution is -0.120. The Kier molecular flexibility index (Phi) is 4.19. The average molecular weight is 416 g/mol. The van der Waals surface area contributed by atoms with Crippen LogP contribution in [0.25, 0.3) is 11.3 Å². The van der Waals surface area contributed by atoms with Crippen molar-refractivity contribution in [3.63, 3.8) is 0 Å². The van der Waals surface area contributed by atoms with E-state index in [1.54, 1.807) is 11.9 Å². The van der Waals surface area contributed by atoms with E-state index in [-0.39, 0.29) is 12.5 Å². The zero-order valence-corrected chi connectivity index (χ0v) is 15.7. The molecule has 5 nitrogen and oxygen atoms in total. The second-order valence-corrected chi connectivity index (χ2v) is 7.37. The minimum atomic E-state index is -0.0551. The lowest BCUT2D eigenvalue weighted by Crippen LogP contribution is -2.35. The molecule has 1 N–H and O–H groups in total. The van der Waals surface area contributed by atoms with Gasteiger partial charge in [-0.2, -0.15) is 0 Å². The molecule has 0 aliphatic carbocycles. The van der Waals surface area contributed by atoms with E-state index in [4.69, 9.17) is 4.74 Å². The second-order valence-electron chi connectivity index (χ2n) is 5.59. The molecule has 0 unspecified atom stereocenters. The second kappa shape index (κ2) is 6.50. The molecule has 1 aliphatic heterocycles. The van der Waals surface area contributed by atoms with Crippen LogP contribution in [0.1, 0.15) is 0 Å². The smallest absolute Gasteiger partial charge is 0.264 e. The topological polar surface area (TPSA) is 54.5 Å². The number of ether oxygens (including phenoxy) is 1. The largest absolute Gasteiger partial charge is 0.482 e. The van der Waals surface area contributed by atoms with E-state index in [0.29, 0.717) is 5.75 Å². The zero-order chi connectivity index (χ0) is 17.4. The third kappa shape index (κ3) is 3.25. The molecule has 25 heavy (non-hydrogen) atoms. The minimum Gasteiger partial charge on any atom is -0.482 e. The number of anilines is 3. The molecule has 0 bridgehead atoms. The van der Waals surface area contributed by atoms with Crippen molar-refractivity contribution in [2.45, 2.75) is 0 Å². The first kappa shape index (κ1) is 16.1. The highest BCUT2D eigenvalue weighted by Gasteiger charge is 2.22.